The molecule has 0 saturated carbocycles. The first kappa shape index (κ1) is 13.8. The Morgan fingerprint density at radius 1 is 1.56 bits per heavy atom. The minimum Gasteiger partial charge on any atom is -0.477 e. The lowest BCUT2D eigenvalue weighted by molar-refractivity contribution is -0.384. The van der Waals surface area contributed by atoms with E-state index in [4.69, 9.17) is 5.11 Å². The van der Waals surface area contributed by atoms with Crippen LogP contribution in [0.25, 0.3) is 0 Å². The van der Waals surface area contributed by atoms with E-state index in [2.05, 4.69) is 10.3 Å². The van der Waals surface area contributed by atoms with Gasteiger partial charge in [-0.3, -0.25) is 10.1 Å². The second-order valence-corrected chi connectivity index (χ2v) is 4.29. The van der Waals surface area contributed by atoms with E-state index in [0.29, 0.717) is 0 Å². The zero-order valence-electron chi connectivity index (χ0n) is 9.88. The van der Waals surface area contributed by atoms with Crippen molar-refractivity contribution in [3.05, 3.63) is 27.9 Å². The van der Waals surface area contributed by atoms with Gasteiger partial charge in [0, 0.05) is 12.6 Å². The summed E-state index contributed by atoms with van der Waals surface area (Å²) in [6.07, 6.45) is 0. The van der Waals surface area contributed by atoms with Crippen LogP contribution in [-0.2, 0) is 0 Å². The van der Waals surface area contributed by atoms with Crippen molar-refractivity contribution < 1.29 is 19.9 Å². The molecule has 0 saturated heterocycles. The van der Waals surface area contributed by atoms with Crippen molar-refractivity contribution in [3.63, 3.8) is 0 Å². The molecule has 3 N–H and O–H groups in total. The summed E-state index contributed by atoms with van der Waals surface area (Å²) in [5, 5.41) is 31.6. The summed E-state index contributed by atoms with van der Waals surface area (Å²) in [6.45, 7) is 3.02. The second kappa shape index (κ2) is 4.96. The normalized spacial score (nSPS) is 11.1. The van der Waals surface area contributed by atoms with Gasteiger partial charge < -0.3 is 15.5 Å². The Balaban J connectivity index is 3.08. The Hall–Kier alpha value is -2.22. The van der Waals surface area contributed by atoms with Crippen LogP contribution < -0.4 is 5.32 Å². The number of nitro groups is 1. The summed E-state index contributed by atoms with van der Waals surface area (Å²) in [7, 11) is 0. The standard InChI is InChI=1S/C10H13N3O5/c1-10(2,16)5-11-8-7(13(17)18)4-3-6(12-8)9(14)15/h3-4,16H,5H2,1-2H3,(H,11,12)(H,14,15). The van der Waals surface area contributed by atoms with Crippen molar-refractivity contribution in [1.82, 2.24) is 4.98 Å². The highest BCUT2D eigenvalue weighted by molar-refractivity contribution is 5.86. The van der Waals surface area contributed by atoms with Gasteiger partial charge in [-0.05, 0) is 19.9 Å². The molecule has 1 heterocycles. The number of rotatable bonds is 5. The lowest BCUT2D eigenvalue weighted by Crippen LogP contribution is -2.30. The molecule has 0 atom stereocenters. The van der Waals surface area contributed by atoms with Crippen LogP contribution in [0.1, 0.15) is 24.3 Å². The average Bonchev–Trinajstić information content (AvgIpc) is 2.24. The van der Waals surface area contributed by atoms with Crippen molar-refractivity contribution in [2.75, 3.05) is 11.9 Å². The summed E-state index contributed by atoms with van der Waals surface area (Å²) in [4.78, 5) is 24.4. The number of aromatic carboxylic acids is 1. The fourth-order valence-electron chi connectivity index (χ4n) is 1.15. The predicted octanol–water partition coefficient (Wildman–Crippen LogP) is 0.871. The quantitative estimate of drug-likeness (QED) is 0.526. The minimum absolute atomic E-state index is 0.00388. The maximum atomic E-state index is 10.7. The average molecular weight is 255 g/mol. The fourth-order valence-corrected chi connectivity index (χ4v) is 1.15. The number of anilines is 1. The predicted molar refractivity (Wildman–Crippen MR) is 62.6 cm³/mol. The van der Waals surface area contributed by atoms with Crippen molar-refractivity contribution in [3.8, 4) is 0 Å². The third-order valence-electron chi connectivity index (χ3n) is 1.98. The Bertz CT molecular complexity index is 481. The SMILES string of the molecule is CC(C)(O)CNc1nc(C(=O)O)ccc1[N+](=O)[O-]. The van der Waals surface area contributed by atoms with Gasteiger partial charge in [-0.1, -0.05) is 0 Å². The molecule has 0 spiro atoms. The minimum atomic E-state index is -1.28. The number of aromatic nitrogens is 1. The number of hydrogen-bond acceptors (Lipinski definition) is 6. The van der Waals surface area contributed by atoms with E-state index in [-0.39, 0.29) is 23.7 Å². The van der Waals surface area contributed by atoms with E-state index in [1.807, 2.05) is 0 Å². The number of carboxylic acid groups (broad SMARTS) is 1. The molecule has 0 aliphatic carbocycles. The van der Waals surface area contributed by atoms with Gasteiger partial charge in [0.15, 0.2) is 5.69 Å². The van der Waals surface area contributed by atoms with Crippen LogP contribution in [0.2, 0.25) is 0 Å². The molecule has 0 aliphatic heterocycles. The van der Waals surface area contributed by atoms with Gasteiger partial charge in [-0.25, -0.2) is 9.78 Å². The molecule has 8 nitrogen and oxygen atoms in total. The van der Waals surface area contributed by atoms with E-state index in [1.165, 1.54) is 13.8 Å². The first-order valence-electron chi connectivity index (χ1n) is 5.06. The van der Waals surface area contributed by atoms with E-state index >= 15 is 0 Å². The van der Waals surface area contributed by atoms with Crippen molar-refractivity contribution in [2.24, 2.45) is 0 Å². The van der Waals surface area contributed by atoms with Crippen LogP contribution in [0.4, 0.5) is 11.5 Å². The third-order valence-corrected chi connectivity index (χ3v) is 1.98. The first-order valence-corrected chi connectivity index (χ1v) is 5.06. The Morgan fingerprint density at radius 3 is 2.61 bits per heavy atom. The second-order valence-electron chi connectivity index (χ2n) is 4.29. The molecule has 0 aliphatic rings. The topological polar surface area (TPSA) is 126 Å². The zero-order valence-corrected chi connectivity index (χ0v) is 9.88. The number of pyridine rings is 1. The van der Waals surface area contributed by atoms with E-state index in [0.717, 1.165) is 12.1 Å². The number of carboxylic acids is 1. The van der Waals surface area contributed by atoms with Gasteiger partial charge >= 0.3 is 11.7 Å². The maximum Gasteiger partial charge on any atom is 0.354 e. The molecule has 18 heavy (non-hydrogen) atoms. The molecule has 1 rings (SSSR count). The summed E-state index contributed by atoms with van der Waals surface area (Å²) >= 11 is 0. The van der Waals surface area contributed by atoms with Gasteiger partial charge in [0.25, 0.3) is 0 Å². The highest BCUT2D eigenvalue weighted by Crippen LogP contribution is 2.22. The monoisotopic (exact) mass is 255 g/mol. The molecule has 0 fully saturated rings. The molecule has 98 valence electrons. The number of aliphatic hydroxyl groups is 1. The van der Waals surface area contributed by atoms with Gasteiger partial charge in [-0.15, -0.1) is 0 Å². The largest absolute Gasteiger partial charge is 0.477 e. The van der Waals surface area contributed by atoms with Crippen LogP contribution in [0.5, 0.6) is 0 Å². The Morgan fingerprint density at radius 2 is 2.17 bits per heavy atom. The van der Waals surface area contributed by atoms with Crippen LogP contribution in [0, 0.1) is 10.1 Å². The molecule has 1 aromatic heterocycles. The summed E-state index contributed by atoms with van der Waals surface area (Å²) in [6, 6.07) is 2.11. The van der Waals surface area contributed by atoms with Crippen LogP contribution in [-0.4, -0.2) is 38.2 Å². The molecule has 1 aromatic rings. The highest BCUT2D eigenvalue weighted by atomic mass is 16.6. The van der Waals surface area contributed by atoms with Crippen LogP contribution in [0.15, 0.2) is 12.1 Å². The molecule has 8 heteroatoms. The summed E-state index contributed by atoms with van der Waals surface area (Å²) in [5.74, 6) is -1.46. The van der Waals surface area contributed by atoms with Crippen molar-refractivity contribution >= 4 is 17.5 Å². The Labute approximate surface area is 102 Å². The van der Waals surface area contributed by atoms with E-state index < -0.39 is 16.5 Å². The van der Waals surface area contributed by atoms with Gasteiger partial charge in [0.2, 0.25) is 5.82 Å². The summed E-state index contributed by atoms with van der Waals surface area (Å²) < 4.78 is 0. The van der Waals surface area contributed by atoms with Gasteiger partial charge in [-0.2, -0.15) is 0 Å². The number of nitrogens with zero attached hydrogens (tertiary/aromatic N) is 2. The van der Waals surface area contributed by atoms with Crippen molar-refractivity contribution in [2.45, 2.75) is 19.4 Å². The summed E-state index contributed by atoms with van der Waals surface area (Å²) in [5.41, 5.74) is -1.75. The number of carbonyl (C=O) groups is 1. The molecular formula is C10H13N3O5. The van der Waals surface area contributed by atoms with Crippen molar-refractivity contribution in [1.29, 1.82) is 0 Å². The molecule has 0 aromatic carbocycles. The molecule has 0 unspecified atom stereocenters. The maximum absolute atomic E-state index is 10.7. The lowest BCUT2D eigenvalue weighted by atomic mass is 10.1. The lowest BCUT2D eigenvalue weighted by Gasteiger charge is -2.17. The van der Waals surface area contributed by atoms with Gasteiger partial charge in [0.05, 0.1) is 10.5 Å². The van der Waals surface area contributed by atoms with Crippen LogP contribution in [0.3, 0.4) is 0 Å². The smallest absolute Gasteiger partial charge is 0.354 e. The van der Waals surface area contributed by atoms with Crippen LogP contribution >= 0.6 is 0 Å². The molecule has 0 radical (unpaired) electrons. The third kappa shape index (κ3) is 3.67. The van der Waals surface area contributed by atoms with E-state index in [9.17, 15) is 20.0 Å². The fraction of sp³-hybridized carbons (Fsp3) is 0.400. The zero-order chi connectivity index (χ0) is 13.9. The highest BCUT2D eigenvalue weighted by Gasteiger charge is 2.20. The molecule has 0 bridgehead atoms. The first-order chi connectivity index (χ1) is 8.20. The molecular weight excluding hydrogens is 242 g/mol. The Kier molecular flexibility index (Phi) is 3.82. The molecule has 0 amide bonds. The van der Waals surface area contributed by atoms with Gasteiger partial charge in [0.1, 0.15) is 0 Å². The number of hydrogen-bond donors (Lipinski definition) is 3. The van der Waals surface area contributed by atoms with E-state index in [1.54, 1.807) is 0 Å². The number of nitrogens with one attached hydrogen (secondary N) is 1.